The number of fused-ring (bicyclic) bond motifs is 1. The fourth-order valence-electron chi connectivity index (χ4n) is 4.34. The van der Waals surface area contributed by atoms with Gasteiger partial charge in [0.2, 0.25) is 5.91 Å². The summed E-state index contributed by atoms with van der Waals surface area (Å²) in [5.41, 5.74) is 1.85. The van der Waals surface area contributed by atoms with E-state index in [1.807, 2.05) is 53.4 Å². The molecule has 4 rings (SSSR count). The zero-order valence-corrected chi connectivity index (χ0v) is 14.8. The Hall–Kier alpha value is -2.62. The van der Waals surface area contributed by atoms with E-state index in [1.165, 1.54) is 0 Å². The zero-order valence-electron chi connectivity index (χ0n) is 14.8. The molecule has 2 heterocycles. The summed E-state index contributed by atoms with van der Waals surface area (Å²) in [7, 11) is 0. The van der Waals surface area contributed by atoms with Crippen molar-refractivity contribution in [3.05, 3.63) is 71.8 Å². The maximum Gasteiger partial charge on any atom is 0.254 e. The standard InChI is InChI=1S/C22H24N2O2/c25-21-14-8-7-13-19-18(23-21)15-20(16-9-3-1-4-10-16)24(19)22(26)17-11-5-2-6-12-17/h1-6,9-12,18-20H,7-8,13-15H2,(H,23,25)/t18-,19+,20+/m1/s1. The summed E-state index contributed by atoms with van der Waals surface area (Å²) in [6.07, 6.45) is 4.17. The summed E-state index contributed by atoms with van der Waals surface area (Å²) < 4.78 is 0. The Morgan fingerprint density at radius 3 is 2.38 bits per heavy atom. The molecule has 2 amide bonds. The van der Waals surface area contributed by atoms with Crippen LogP contribution >= 0.6 is 0 Å². The molecule has 0 unspecified atom stereocenters. The SMILES string of the molecule is O=C1CCCC[C@H]2[C@@H](C[C@@H](c3ccccc3)N2C(=O)c2ccccc2)N1. The number of amides is 2. The lowest BCUT2D eigenvalue weighted by Gasteiger charge is -2.33. The van der Waals surface area contributed by atoms with Gasteiger partial charge in [0.05, 0.1) is 18.1 Å². The highest BCUT2D eigenvalue weighted by Crippen LogP contribution is 2.40. The van der Waals surface area contributed by atoms with Crippen LogP contribution in [0.15, 0.2) is 60.7 Å². The number of hydrogen-bond acceptors (Lipinski definition) is 2. The van der Waals surface area contributed by atoms with E-state index in [-0.39, 0.29) is 29.9 Å². The van der Waals surface area contributed by atoms with Crippen LogP contribution in [0.2, 0.25) is 0 Å². The minimum atomic E-state index is -0.00249. The molecule has 2 aliphatic rings. The van der Waals surface area contributed by atoms with Crippen LogP contribution < -0.4 is 5.32 Å². The first-order chi connectivity index (χ1) is 12.7. The molecule has 26 heavy (non-hydrogen) atoms. The highest BCUT2D eigenvalue weighted by Gasteiger charge is 2.45. The molecular formula is C22H24N2O2. The molecule has 2 aromatic carbocycles. The Kier molecular flexibility index (Phi) is 4.74. The summed E-state index contributed by atoms with van der Waals surface area (Å²) in [6, 6.07) is 19.7. The van der Waals surface area contributed by atoms with E-state index < -0.39 is 0 Å². The van der Waals surface area contributed by atoms with Gasteiger partial charge < -0.3 is 10.2 Å². The van der Waals surface area contributed by atoms with Gasteiger partial charge in [0.25, 0.3) is 5.91 Å². The zero-order chi connectivity index (χ0) is 17.9. The van der Waals surface area contributed by atoms with Crippen molar-refractivity contribution in [1.82, 2.24) is 10.2 Å². The number of benzene rings is 2. The summed E-state index contributed by atoms with van der Waals surface area (Å²) in [5.74, 6) is 0.169. The second kappa shape index (κ2) is 7.32. The molecule has 0 saturated carbocycles. The van der Waals surface area contributed by atoms with Crippen molar-refractivity contribution in [3.63, 3.8) is 0 Å². The van der Waals surface area contributed by atoms with Crippen molar-refractivity contribution in [2.75, 3.05) is 0 Å². The second-order valence-electron chi connectivity index (χ2n) is 7.23. The van der Waals surface area contributed by atoms with Crippen LogP contribution in [0, 0.1) is 0 Å². The van der Waals surface area contributed by atoms with Gasteiger partial charge in [-0.05, 0) is 37.0 Å². The van der Waals surface area contributed by atoms with Crippen LogP contribution in [0.3, 0.4) is 0 Å². The lowest BCUT2D eigenvalue weighted by Crippen LogP contribution is -2.47. The Morgan fingerprint density at radius 1 is 0.962 bits per heavy atom. The number of carbonyl (C=O) groups excluding carboxylic acids is 2. The average Bonchev–Trinajstić information content (AvgIpc) is 3.01. The highest BCUT2D eigenvalue weighted by molar-refractivity contribution is 5.95. The first-order valence-corrected chi connectivity index (χ1v) is 9.46. The van der Waals surface area contributed by atoms with Gasteiger partial charge in [-0.1, -0.05) is 55.0 Å². The smallest absolute Gasteiger partial charge is 0.254 e. The van der Waals surface area contributed by atoms with Crippen molar-refractivity contribution < 1.29 is 9.59 Å². The van der Waals surface area contributed by atoms with E-state index in [0.29, 0.717) is 12.0 Å². The molecular weight excluding hydrogens is 324 g/mol. The summed E-state index contributed by atoms with van der Waals surface area (Å²) in [5, 5.41) is 3.18. The maximum absolute atomic E-state index is 13.4. The molecule has 0 bridgehead atoms. The Labute approximate surface area is 154 Å². The minimum Gasteiger partial charge on any atom is -0.351 e. The number of rotatable bonds is 2. The van der Waals surface area contributed by atoms with Gasteiger partial charge >= 0.3 is 0 Å². The molecule has 4 nitrogen and oxygen atoms in total. The molecule has 0 spiro atoms. The second-order valence-corrected chi connectivity index (χ2v) is 7.23. The largest absolute Gasteiger partial charge is 0.351 e. The van der Waals surface area contributed by atoms with Crippen LogP contribution in [-0.4, -0.2) is 28.8 Å². The minimum absolute atomic E-state index is 0.00249. The fourth-order valence-corrected chi connectivity index (χ4v) is 4.34. The molecule has 4 heteroatoms. The molecule has 2 saturated heterocycles. The Bertz CT molecular complexity index is 775. The molecule has 0 aromatic heterocycles. The molecule has 2 fully saturated rings. The topological polar surface area (TPSA) is 49.4 Å². The van der Waals surface area contributed by atoms with E-state index in [9.17, 15) is 9.59 Å². The summed E-state index contributed by atoms with van der Waals surface area (Å²) in [6.45, 7) is 0. The van der Waals surface area contributed by atoms with Gasteiger partial charge in [-0.2, -0.15) is 0 Å². The number of likely N-dealkylation sites (tertiary alicyclic amines) is 1. The van der Waals surface area contributed by atoms with E-state index in [2.05, 4.69) is 17.4 Å². The van der Waals surface area contributed by atoms with Crippen LogP contribution in [0.5, 0.6) is 0 Å². The number of nitrogens with one attached hydrogen (secondary N) is 1. The van der Waals surface area contributed by atoms with E-state index in [0.717, 1.165) is 31.2 Å². The third-order valence-corrected chi connectivity index (χ3v) is 5.57. The summed E-state index contributed by atoms with van der Waals surface area (Å²) >= 11 is 0. The molecule has 0 radical (unpaired) electrons. The van der Waals surface area contributed by atoms with Gasteiger partial charge in [-0.15, -0.1) is 0 Å². The third-order valence-electron chi connectivity index (χ3n) is 5.57. The molecule has 134 valence electrons. The van der Waals surface area contributed by atoms with Crippen molar-refractivity contribution in [1.29, 1.82) is 0 Å². The third kappa shape index (κ3) is 3.24. The monoisotopic (exact) mass is 348 g/mol. The number of hydrogen-bond donors (Lipinski definition) is 1. The van der Waals surface area contributed by atoms with Gasteiger partial charge in [0.15, 0.2) is 0 Å². The molecule has 2 aliphatic heterocycles. The van der Waals surface area contributed by atoms with Crippen LogP contribution in [-0.2, 0) is 4.79 Å². The number of nitrogens with zero attached hydrogens (tertiary/aromatic N) is 1. The number of carbonyl (C=O) groups is 2. The van der Waals surface area contributed by atoms with Gasteiger partial charge in [0, 0.05) is 12.0 Å². The first-order valence-electron chi connectivity index (χ1n) is 9.46. The fraction of sp³-hybridized carbons (Fsp3) is 0.364. The molecule has 2 aromatic rings. The normalized spacial score (nSPS) is 25.8. The lowest BCUT2D eigenvalue weighted by molar-refractivity contribution is -0.122. The van der Waals surface area contributed by atoms with Gasteiger partial charge in [-0.25, -0.2) is 0 Å². The highest BCUT2D eigenvalue weighted by atomic mass is 16.2. The van der Waals surface area contributed by atoms with Gasteiger partial charge in [0.1, 0.15) is 0 Å². The average molecular weight is 348 g/mol. The lowest BCUT2D eigenvalue weighted by atomic mass is 9.97. The van der Waals surface area contributed by atoms with E-state index in [1.54, 1.807) is 0 Å². The predicted molar refractivity (Wildman–Crippen MR) is 101 cm³/mol. The van der Waals surface area contributed by atoms with E-state index >= 15 is 0 Å². The van der Waals surface area contributed by atoms with Crippen LogP contribution in [0.25, 0.3) is 0 Å². The molecule has 3 atom stereocenters. The summed E-state index contributed by atoms with van der Waals surface area (Å²) in [4.78, 5) is 27.6. The van der Waals surface area contributed by atoms with E-state index in [4.69, 9.17) is 0 Å². The predicted octanol–water partition coefficient (Wildman–Crippen LogP) is 3.70. The van der Waals surface area contributed by atoms with Gasteiger partial charge in [-0.3, -0.25) is 9.59 Å². The maximum atomic E-state index is 13.4. The van der Waals surface area contributed by atoms with Crippen molar-refractivity contribution in [2.24, 2.45) is 0 Å². The molecule has 0 aliphatic carbocycles. The Morgan fingerprint density at radius 2 is 1.65 bits per heavy atom. The Balaban J connectivity index is 1.72. The van der Waals surface area contributed by atoms with Crippen molar-refractivity contribution >= 4 is 11.8 Å². The van der Waals surface area contributed by atoms with Crippen LogP contribution in [0.4, 0.5) is 0 Å². The first kappa shape index (κ1) is 16.8. The van der Waals surface area contributed by atoms with Crippen molar-refractivity contribution in [3.8, 4) is 0 Å². The quantitative estimate of drug-likeness (QED) is 0.900. The van der Waals surface area contributed by atoms with Crippen molar-refractivity contribution in [2.45, 2.75) is 50.2 Å². The van der Waals surface area contributed by atoms with Crippen LogP contribution in [0.1, 0.15) is 54.1 Å². The molecule has 1 N–H and O–H groups in total.